The van der Waals surface area contributed by atoms with Crippen molar-refractivity contribution < 1.29 is 4.74 Å². The van der Waals surface area contributed by atoms with Crippen LogP contribution in [0.25, 0.3) is 0 Å². The first-order chi connectivity index (χ1) is 8.63. The van der Waals surface area contributed by atoms with E-state index in [1.165, 1.54) is 44.9 Å². The SMILES string of the molecule is CCCCCCC(C)OC(C)CNC(CC)CC. The number of nitrogens with one attached hydrogen (secondary N) is 1. The molecule has 0 aromatic carbocycles. The summed E-state index contributed by atoms with van der Waals surface area (Å²) >= 11 is 0. The third-order valence-corrected chi connectivity index (χ3v) is 3.61. The number of rotatable bonds is 12. The Kier molecular flexibility index (Phi) is 11.9. The van der Waals surface area contributed by atoms with Crippen LogP contribution >= 0.6 is 0 Å². The Labute approximate surface area is 115 Å². The lowest BCUT2D eigenvalue weighted by molar-refractivity contribution is 0.00234. The van der Waals surface area contributed by atoms with Gasteiger partial charge in [0.1, 0.15) is 0 Å². The molecule has 0 aliphatic rings. The molecule has 0 amide bonds. The zero-order valence-electron chi connectivity index (χ0n) is 13.3. The van der Waals surface area contributed by atoms with Gasteiger partial charge in [-0.1, -0.05) is 46.5 Å². The lowest BCUT2D eigenvalue weighted by Crippen LogP contribution is -2.36. The van der Waals surface area contributed by atoms with E-state index in [9.17, 15) is 0 Å². The minimum Gasteiger partial charge on any atom is -0.374 e. The van der Waals surface area contributed by atoms with Gasteiger partial charge in [-0.2, -0.15) is 0 Å². The molecule has 0 aliphatic carbocycles. The first-order valence-corrected chi connectivity index (χ1v) is 8.02. The number of ether oxygens (including phenoxy) is 1. The normalized spacial score (nSPS) is 15.0. The van der Waals surface area contributed by atoms with E-state index in [4.69, 9.17) is 4.74 Å². The van der Waals surface area contributed by atoms with Crippen molar-refractivity contribution in [2.75, 3.05) is 6.54 Å². The highest BCUT2D eigenvalue weighted by Crippen LogP contribution is 2.09. The molecule has 0 bridgehead atoms. The summed E-state index contributed by atoms with van der Waals surface area (Å²) < 4.78 is 6.01. The molecule has 0 aliphatic heterocycles. The number of hydrogen-bond acceptors (Lipinski definition) is 2. The second-order valence-electron chi connectivity index (χ2n) is 5.53. The summed E-state index contributed by atoms with van der Waals surface area (Å²) in [5.74, 6) is 0. The van der Waals surface area contributed by atoms with Crippen molar-refractivity contribution in [2.45, 2.75) is 97.8 Å². The Bertz CT molecular complexity index is 168. The third kappa shape index (κ3) is 9.90. The summed E-state index contributed by atoms with van der Waals surface area (Å²) in [7, 11) is 0. The molecule has 0 aromatic rings. The van der Waals surface area contributed by atoms with Gasteiger partial charge in [0.25, 0.3) is 0 Å². The highest BCUT2D eigenvalue weighted by atomic mass is 16.5. The molecule has 0 spiro atoms. The highest BCUT2D eigenvalue weighted by Gasteiger charge is 2.10. The van der Waals surface area contributed by atoms with Crippen LogP contribution in [0.3, 0.4) is 0 Å². The van der Waals surface area contributed by atoms with E-state index in [-0.39, 0.29) is 0 Å². The fraction of sp³-hybridized carbons (Fsp3) is 1.00. The second-order valence-corrected chi connectivity index (χ2v) is 5.53. The largest absolute Gasteiger partial charge is 0.374 e. The Morgan fingerprint density at radius 3 is 2.11 bits per heavy atom. The van der Waals surface area contributed by atoms with E-state index in [0.717, 1.165) is 6.54 Å². The van der Waals surface area contributed by atoms with Gasteiger partial charge in [-0.25, -0.2) is 0 Å². The van der Waals surface area contributed by atoms with Gasteiger partial charge in [0.05, 0.1) is 12.2 Å². The Morgan fingerprint density at radius 2 is 1.56 bits per heavy atom. The first-order valence-electron chi connectivity index (χ1n) is 8.02. The lowest BCUT2D eigenvalue weighted by atomic mass is 10.1. The fourth-order valence-corrected chi connectivity index (χ4v) is 2.28. The van der Waals surface area contributed by atoms with Gasteiger partial charge >= 0.3 is 0 Å². The zero-order valence-corrected chi connectivity index (χ0v) is 13.3. The van der Waals surface area contributed by atoms with Gasteiger partial charge in [-0.3, -0.25) is 0 Å². The maximum Gasteiger partial charge on any atom is 0.0675 e. The molecule has 1 N–H and O–H groups in total. The zero-order chi connectivity index (χ0) is 13.8. The van der Waals surface area contributed by atoms with Crippen LogP contribution in [-0.4, -0.2) is 24.8 Å². The molecule has 110 valence electrons. The van der Waals surface area contributed by atoms with Crippen LogP contribution < -0.4 is 5.32 Å². The molecule has 18 heavy (non-hydrogen) atoms. The average molecular weight is 257 g/mol. The molecule has 0 rings (SSSR count). The summed E-state index contributed by atoms with van der Waals surface area (Å²) in [5, 5.41) is 3.58. The van der Waals surface area contributed by atoms with Crippen molar-refractivity contribution in [2.24, 2.45) is 0 Å². The predicted molar refractivity (Wildman–Crippen MR) is 81.1 cm³/mol. The molecule has 0 saturated heterocycles. The molecular formula is C16H35NO. The Balaban J connectivity index is 3.56. The summed E-state index contributed by atoms with van der Waals surface area (Å²) in [5.41, 5.74) is 0. The summed E-state index contributed by atoms with van der Waals surface area (Å²) in [4.78, 5) is 0. The molecule has 0 radical (unpaired) electrons. The van der Waals surface area contributed by atoms with Gasteiger partial charge in [0, 0.05) is 12.6 Å². The van der Waals surface area contributed by atoms with Crippen molar-refractivity contribution >= 4 is 0 Å². The molecule has 2 nitrogen and oxygen atoms in total. The summed E-state index contributed by atoms with van der Waals surface area (Å²) in [6.45, 7) is 12.1. The van der Waals surface area contributed by atoms with E-state index in [1.54, 1.807) is 0 Å². The van der Waals surface area contributed by atoms with E-state index >= 15 is 0 Å². The third-order valence-electron chi connectivity index (χ3n) is 3.61. The second kappa shape index (κ2) is 12.0. The van der Waals surface area contributed by atoms with Crippen LogP contribution in [0.2, 0.25) is 0 Å². The van der Waals surface area contributed by atoms with Gasteiger partial charge < -0.3 is 10.1 Å². The monoisotopic (exact) mass is 257 g/mol. The topological polar surface area (TPSA) is 21.3 Å². The highest BCUT2D eigenvalue weighted by molar-refractivity contribution is 4.66. The molecule has 2 unspecified atom stereocenters. The maximum absolute atomic E-state index is 6.01. The van der Waals surface area contributed by atoms with E-state index in [1.807, 2.05) is 0 Å². The minimum atomic E-state index is 0.326. The molecule has 2 atom stereocenters. The van der Waals surface area contributed by atoms with Crippen molar-refractivity contribution in [3.63, 3.8) is 0 Å². The van der Waals surface area contributed by atoms with Crippen molar-refractivity contribution in [3.8, 4) is 0 Å². The molecule has 0 aromatic heterocycles. The van der Waals surface area contributed by atoms with Gasteiger partial charge in [-0.15, -0.1) is 0 Å². The van der Waals surface area contributed by atoms with Crippen LogP contribution in [-0.2, 0) is 4.74 Å². The van der Waals surface area contributed by atoms with Crippen LogP contribution in [0, 0.1) is 0 Å². The Morgan fingerprint density at radius 1 is 0.889 bits per heavy atom. The van der Waals surface area contributed by atoms with E-state index in [2.05, 4.69) is 39.9 Å². The quantitative estimate of drug-likeness (QED) is 0.519. The van der Waals surface area contributed by atoms with E-state index in [0.29, 0.717) is 18.2 Å². The van der Waals surface area contributed by atoms with Gasteiger partial charge in [0.15, 0.2) is 0 Å². The van der Waals surface area contributed by atoms with Gasteiger partial charge in [0.2, 0.25) is 0 Å². The molecule has 0 saturated carbocycles. The summed E-state index contributed by atoms with van der Waals surface area (Å²) in [6, 6.07) is 0.649. The molecule has 0 fully saturated rings. The number of hydrogen-bond donors (Lipinski definition) is 1. The standard InChI is InChI=1S/C16H35NO/c1-6-9-10-11-12-14(4)18-15(5)13-17-16(7-2)8-3/h14-17H,6-13H2,1-5H3. The maximum atomic E-state index is 6.01. The van der Waals surface area contributed by atoms with Crippen molar-refractivity contribution in [1.29, 1.82) is 0 Å². The number of unbranched alkanes of at least 4 members (excludes halogenated alkanes) is 3. The van der Waals surface area contributed by atoms with E-state index < -0.39 is 0 Å². The van der Waals surface area contributed by atoms with Crippen molar-refractivity contribution in [3.05, 3.63) is 0 Å². The Hall–Kier alpha value is -0.0800. The minimum absolute atomic E-state index is 0.326. The molecule has 0 heterocycles. The molecule has 2 heteroatoms. The van der Waals surface area contributed by atoms with Crippen LogP contribution in [0.15, 0.2) is 0 Å². The van der Waals surface area contributed by atoms with Crippen LogP contribution in [0.1, 0.15) is 79.6 Å². The smallest absolute Gasteiger partial charge is 0.0675 e. The summed E-state index contributed by atoms with van der Waals surface area (Å²) in [6.07, 6.45) is 9.67. The predicted octanol–water partition coefficient (Wildman–Crippen LogP) is 4.53. The van der Waals surface area contributed by atoms with Crippen molar-refractivity contribution in [1.82, 2.24) is 5.32 Å². The average Bonchev–Trinajstić information content (AvgIpc) is 2.36. The lowest BCUT2D eigenvalue weighted by Gasteiger charge is -2.22. The van der Waals surface area contributed by atoms with Gasteiger partial charge in [-0.05, 0) is 33.1 Å². The fourth-order valence-electron chi connectivity index (χ4n) is 2.28. The van der Waals surface area contributed by atoms with Crippen LogP contribution in [0.4, 0.5) is 0 Å². The first kappa shape index (κ1) is 17.9. The van der Waals surface area contributed by atoms with Crippen LogP contribution in [0.5, 0.6) is 0 Å². The molecular weight excluding hydrogens is 222 g/mol.